The third-order valence-electron chi connectivity index (χ3n) is 8.15. The van der Waals surface area contributed by atoms with Crippen molar-refractivity contribution in [2.75, 3.05) is 45.2 Å². The third-order valence-corrected chi connectivity index (χ3v) is 8.15. The van der Waals surface area contributed by atoms with Crippen molar-refractivity contribution in [3.8, 4) is 11.1 Å². The number of ether oxygens (including phenoxy) is 2. The van der Waals surface area contributed by atoms with Crippen LogP contribution in [0.4, 0.5) is 10.7 Å². The molecule has 0 bridgehead atoms. The van der Waals surface area contributed by atoms with Crippen LogP contribution >= 0.6 is 0 Å². The molecule has 228 valence electrons. The molecule has 5 rings (SSSR count). The second-order valence-corrected chi connectivity index (χ2v) is 12.8. The van der Waals surface area contributed by atoms with E-state index >= 15 is 0 Å². The number of aromatic nitrogens is 3. The smallest absolute Gasteiger partial charge is 0.410 e. The summed E-state index contributed by atoms with van der Waals surface area (Å²) in [5.74, 6) is 0.917. The maximum atomic E-state index is 12.4. The van der Waals surface area contributed by atoms with E-state index in [-0.39, 0.29) is 18.2 Å². The predicted molar refractivity (Wildman–Crippen MR) is 164 cm³/mol. The quantitative estimate of drug-likeness (QED) is 0.389. The zero-order chi connectivity index (χ0) is 29.9. The minimum absolute atomic E-state index is 0.0867. The lowest BCUT2D eigenvalue weighted by Crippen LogP contribution is -2.49. The number of carbonyl (C=O) groups is 1. The summed E-state index contributed by atoms with van der Waals surface area (Å²) in [5.41, 5.74) is 5.16. The van der Waals surface area contributed by atoms with Crippen molar-refractivity contribution < 1.29 is 19.4 Å². The lowest BCUT2D eigenvalue weighted by atomic mass is 9.85. The molecule has 2 N–H and O–H groups in total. The van der Waals surface area contributed by atoms with Crippen molar-refractivity contribution in [1.29, 1.82) is 0 Å². The Balaban J connectivity index is 1.31. The van der Waals surface area contributed by atoms with Gasteiger partial charge in [-0.25, -0.2) is 14.3 Å². The Labute approximate surface area is 249 Å². The van der Waals surface area contributed by atoms with Crippen LogP contribution < -0.4 is 5.32 Å². The molecule has 1 amide bonds. The number of hydrogen-bond acceptors (Lipinski definition) is 8. The summed E-state index contributed by atoms with van der Waals surface area (Å²) in [5, 5.41) is 18.4. The second-order valence-electron chi connectivity index (χ2n) is 12.8. The van der Waals surface area contributed by atoms with E-state index in [4.69, 9.17) is 14.6 Å². The molecule has 2 aromatic heterocycles. The molecule has 3 aromatic rings. The molecule has 1 aliphatic heterocycles. The second kappa shape index (κ2) is 13.0. The lowest BCUT2D eigenvalue weighted by molar-refractivity contribution is 0.0139. The minimum atomic E-state index is -0.477. The van der Waals surface area contributed by atoms with E-state index < -0.39 is 5.60 Å². The summed E-state index contributed by atoms with van der Waals surface area (Å²) in [6, 6.07) is 11.1. The van der Waals surface area contributed by atoms with Gasteiger partial charge < -0.3 is 24.8 Å². The zero-order valence-electron chi connectivity index (χ0n) is 25.7. The standard InChI is InChI=1S/C32H46N6O4/c1-22(21-41-5)34-30-33-19-29-27(18-28(38(29)35-30)25-10-12-26(39)13-11-25)24-8-6-23(7-9-24)20-36-14-16-37(17-15-36)31(40)42-32(2,3)4/h6-9,18-19,22,25-26,39H,10-17,20-21H2,1-5H3,(H,34,35)/t22-,25?,26?/m0/s1. The number of aliphatic hydroxyl groups excluding tert-OH is 1. The first kappa shape index (κ1) is 30.3. The van der Waals surface area contributed by atoms with Crippen LogP contribution in [0.2, 0.25) is 0 Å². The Hall–Kier alpha value is -3.21. The van der Waals surface area contributed by atoms with Crippen LogP contribution in [0.3, 0.4) is 0 Å². The first-order valence-corrected chi connectivity index (χ1v) is 15.2. The van der Waals surface area contributed by atoms with Crippen LogP contribution in [0.15, 0.2) is 36.5 Å². The van der Waals surface area contributed by atoms with Gasteiger partial charge in [-0.3, -0.25) is 4.90 Å². The number of benzene rings is 1. The molecule has 0 radical (unpaired) electrons. The Morgan fingerprint density at radius 1 is 1.10 bits per heavy atom. The average molecular weight is 579 g/mol. The van der Waals surface area contributed by atoms with Gasteiger partial charge in [0.1, 0.15) is 5.60 Å². The number of fused-ring (bicyclic) bond motifs is 1. The van der Waals surface area contributed by atoms with Crippen molar-refractivity contribution >= 4 is 17.6 Å². The number of nitrogens with zero attached hydrogens (tertiary/aromatic N) is 5. The maximum absolute atomic E-state index is 12.4. The van der Waals surface area contributed by atoms with E-state index in [1.54, 1.807) is 12.0 Å². The van der Waals surface area contributed by atoms with Crippen LogP contribution in [0.1, 0.15) is 70.6 Å². The molecular weight excluding hydrogens is 532 g/mol. The molecule has 1 saturated carbocycles. The number of rotatable bonds is 8. The fourth-order valence-corrected chi connectivity index (χ4v) is 5.95. The molecule has 42 heavy (non-hydrogen) atoms. The number of aliphatic hydroxyl groups is 1. The first-order valence-electron chi connectivity index (χ1n) is 15.2. The van der Waals surface area contributed by atoms with Gasteiger partial charge >= 0.3 is 6.09 Å². The monoisotopic (exact) mass is 578 g/mol. The Morgan fingerprint density at radius 3 is 2.43 bits per heavy atom. The molecule has 2 fully saturated rings. The van der Waals surface area contributed by atoms with Crippen molar-refractivity contribution in [3.63, 3.8) is 0 Å². The van der Waals surface area contributed by atoms with Crippen LogP contribution in [0.5, 0.6) is 0 Å². The number of anilines is 1. The number of nitrogens with one attached hydrogen (secondary N) is 1. The van der Waals surface area contributed by atoms with E-state index in [2.05, 4.69) is 45.5 Å². The number of carbonyl (C=O) groups excluding carboxylic acids is 1. The SMILES string of the molecule is COC[C@H](C)Nc1ncc2c(-c3ccc(CN4CCN(C(=O)OC(C)(C)C)CC4)cc3)cc(C3CCC(O)CC3)n2n1. The van der Waals surface area contributed by atoms with Crippen LogP contribution in [0.25, 0.3) is 16.6 Å². The molecule has 2 aliphatic rings. The molecule has 10 nitrogen and oxygen atoms in total. The van der Waals surface area contributed by atoms with Crippen molar-refractivity contribution in [2.24, 2.45) is 0 Å². The molecule has 1 aliphatic carbocycles. The van der Waals surface area contributed by atoms with Gasteiger partial charge in [-0.2, -0.15) is 0 Å². The molecule has 0 unspecified atom stereocenters. The normalized spacial score (nSPS) is 21.0. The summed E-state index contributed by atoms with van der Waals surface area (Å²) >= 11 is 0. The Kier molecular flexibility index (Phi) is 9.35. The highest BCUT2D eigenvalue weighted by atomic mass is 16.6. The molecule has 1 atom stereocenters. The van der Waals surface area contributed by atoms with Crippen LogP contribution in [-0.4, -0.2) is 93.2 Å². The van der Waals surface area contributed by atoms with Crippen LogP contribution in [0, 0.1) is 0 Å². The number of methoxy groups -OCH3 is 1. The number of piperazine rings is 1. The maximum Gasteiger partial charge on any atom is 0.410 e. The van der Waals surface area contributed by atoms with Gasteiger partial charge in [-0.1, -0.05) is 24.3 Å². The van der Waals surface area contributed by atoms with E-state index in [9.17, 15) is 9.90 Å². The highest BCUT2D eigenvalue weighted by molar-refractivity contribution is 5.81. The van der Waals surface area contributed by atoms with Crippen molar-refractivity contribution in [1.82, 2.24) is 24.4 Å². The fraction of sp³-hybridized carbons (Fsp3) is 0.594. The summed E-state index contributed by atoms with van der Waals surface area (Å²) < 4.78 is 12.8. The Morgan fingerprint density at radius 2 is 1.79 bits per heavy atom. The van der Waals surface area contributed by atoms with Gasteiger partial charge in [0.05, 0.1) is 24.4 Å². The fourth-order valence-electron chi connectivity index (χ4n) is 5.95. The Bertz CT molecular complexity index is 1340. The van der Waals surface area contributed by atoms with Crippen LogP contribution in [-0.2, 0) is 16.0 Å². The zero-order valence-corrected chi connectivity index (χ0v) is 25.7. The highest BCUT2D eigenvalue weighted by Crippen LogP contribution is 2.37. The van der Waals surface area contributed by atoms with Gasteiger partial charge in [-0.15, -0.1) is 5.10 Å². The molecule has 1 saturated heterocycles. The van der Waals surface area contributed by atoms with E-state index in [1.165, 1.54) is 11.3 Å². The largest absolute Gasteiger partial charge is 0.444 e. The average Bonchev–Trinajstić information content (AvgIpc) is 3.32. The highest BCUT2D eigenvalue weighted by Gasteiger charge is 2.27. The lowest BCUT2D eigenvalue weighted by Gasteiger charge is -2.35. The van der Waals surface area contributed by atoms with Crippen molar-refractivity contribution in [3.05, 3.63) is 47.8 Å². The van der Waals surface area contributed by atoms with Gasteiger partial charge in [0, 0.05) is 63.1 Å². The first-order chi connectivity index (χ1) is 20.1. The van der Waals surface area contributed by atoms with E-state index in [1.807, 2.05) is 38.4 Å². The third kappa shape index (κ3) is 7.40. The van der Waals surface area contributed by atoms with Gasteiger partial charge in [0.2, 0.25) is 5.95 Å². The molecule has 3 heterocycles. The van der Waals surface area contributed by atoms with Crippen molar-refractivity contribution in [2.45, 2.75) is 83.6 Å². The summed E-state index contributed by atoms with van der Waals surface area (Å²) in [6.07, 6.45) is 4.99. The topological polar surface area (TPSA) is 104 Å². The molecular formula is C32H46N6O4. The predicted octanol–water partition coefficient (Wildman–Crippen LogP) is 4.91. The number of hydrogen-bond donors (Lipinski definition) is 2. The van der Waals surface area contributed by atoms with Gasteiger partial charge in [-0.05, 0) is 70.6 Å². The number of amides is 1. The van der Waals surface area contributed by atoms with Gasteiger partial charge in [0.15, 0.2) is 0 Å². The summed E-state index contributed by atoms with van der Waals surface area (Å²) in [4.78, 5) is 21.2. The molecule has 1 aromatic carbocycles. The summed E-state index contributed by atoms with van der Waals surface area (Å²) in [6.45, 7) is 12.1. The van der Waals surface area contributed by atoms with E-state index in [0.717, 1.165) is 62.0 Å². The van der Waals surface area contributed by atoms with E-state index in [0.29, 0.717) is 31.6 Å². The summed E-state index contributed by atoms with van der Waals surface area (Å²) in [7, 11) is 1.69. The minimum Gasteiger partial charge on any atom is -0.444 e. The molecule has 10 heteroatoms. The van der Waals surface area contributed by atoms with Gasteiger partial charge in [0.25, 0.3) is 0 Å². The molecule has 0 spiro atoms.